The van der Waals surface area contributed by atoms with Crippen LogP contribution in [0.4, 0.5) is 5.69 Å². The number of rotatable bonds is 1. The largest absolute Gasteiger partial charge is 0.397 e. The fourth-order valence-electron chi connectivity index (χ4n) is 1.10. The summed E-state index contributed by atoms with van der Waals surface area (Å²) in [6.45, 7) is 0. The maximum absolute atomic E-state index is 11.3. The average Bonchev–Trinajstić information content (AvgIpc) is 2.47. The molecule has 2 N–H and O–H groups in total. The van der Waals surface area contributed by atoms with Gasteiger partial charge in [0.05, 0.1) is 20.9 Å². The lowest BCUT2D eigenvalue weighted by Crippen LogP contribution is -1.94. The number of fused-ring (bicyclic) bond motifs is 1. The zero-order chi connectivity index (χ0) is 11.2. The predicted octanol–water partition coefficient (Wildman–Crippen LogP) is 1.94. The number of hydrogen-bond donors (Lipinski definition) is 1. The Morgan fingerprint density at radius 3 is 2.73 bits per heavy atom. The van der Waals surface area contributed by atoms with Crippen LogP contribution in [-0.4, -0.2) is 19.7 Å². The van der Waals surface area contributed by atoms with E-state index in [1.807, 2.05) is 0 Å². The van der Waals surface area contributed by atoms with Gasteiger partial charge >= 0.3 is 0 Å². The predicted molar refractivity (Wildman–Crippen MR) is 62.2 cm³/mol. The first-order chi connectivity index (χ1) is 6.88. The molecule has 0 aliphatic heterocycles. The molecule has 1 aromatic carbocycles. The summed E-state index contributed by atoms with van der Waals surface area (Å²) in [5.74, 6) is 0. The number of hydrogen-bond acceptors (Lipinski definition) is 5. The van der Waals surface area contributed by atoms with Gasteiger partial charge in [0.25, 0.3) is 0 Å². The molecule has 4 nitrogen and oxygen atoms in total. The lowest BCUT2D eigenvalue weighted by Gasteiger charge is -1.94. The van der Waals surface area contributed by atoms with E-state index in [1.165, 1.54) is 0 Å². The van der Waals surface area contributed by atoms with Crippen molar-refractivity contribution in [3.05, 3.63) is 17.2 Å². The van der Waals surface area contributed by atoms with Crippen LogP contribution in [0.3, 0.4) is 0 Å². The molecule has 0 bridgehead atoms. The molecule has 0 spiro atoms. The van der Waals surface area contributed by atoms with Crippen molar-refractivity contribution in [2.24, 2.45) is 0 Å². The molecule has 0 aliphatic rings. The van der Waals surface area contributed by atoms with Gasteiger partial charge in [0.2, 0.25) is 14.2 Å². The van der Waals surface area contributed by atoms with Gasteiger partial charge in [0.15, 0.2) is 0 Å². The van der Waals surface area contributed by atoms with Crippen molar-refractivity contribution in [3.8, 4) is 0 Å². The normalized spacial score (nSPS) is 12.1. The van der Waals surface area contributed by atoms with Crippen molar-refractivity contribution in [3.63, 3.8) is 0 Å². The van der Waals surface area contributed by atoms with Gasteiger partial charge in [-0.05, 0) is 12.1 Å². The van der Waals surface area contributed by atoms with E-state index in [1.54, 1.807) is 12.1 Å². The number of halogens is 1. The number of nitrogens with zero attached hydrogens (tertiary/aromatic N) is 1. The van der Waals surface area contributed by atoms with E-state index in [4.69, 9.17) is 17.3 Å². The van der Waals surface area contributed by atoms with Crippen molar-refractivity contribution in [1.82, 2.24) is 4.98 Å². The molecule has 0 radical (unpaired) electrons. The van der Waals surface area contributed by atoms with Crippen LogP contribution in [0.5, 0.6) is 0 Å². The summed E-state index contributed by atoms with van der Waals surface area (Å²) in [6, 6.07) is 3.20. The zero-order valence-electron chi connectivity index (χ0n) is 7.69. The Hall–Kier alpha value is -0.850. The molecule has 2 aromatic rings. The number of nitrogen functional groups attached to an aromatic ring is 1. The summed E-state index contributed by atoms with van der Waals surface area (Å²) in [6.07, 6.45) is 1.12. The number of nitrogens with two attached hydrogens (primary N) is 1. The zero-order valence-corrected chi connectivity index (χ0v) is 10.1. The van der Waals surface area contributed by atoms with Crippen molar-refractivity contribution < 1.29 is 8.42 Å². The monoisotopic (exact) mass is 262 g/mol. The van der Waals surface area contributed by atoms with Gasteiger partial charge in [0.1, 0.15) is 0 Å². The molecule has 15 heavy (non-hydrogen) atoms. The van der Waals surface area contributed by atoms with Crippen molar-refractivity contribution >= 4 is 48.7 Å². The summed E-state index contributed by atoms with van der Waals surface area (Å²) >= 11 is 6.89. The number of anilines is 1. The molecule has 0 atom stereocenters. The minimum Gasteiger partial charge on any atom is -0.397 e. The average molecular weight is 263 g/mol. The van der Waals surface area contributed by atoms with Crippen LogP contribution >= 0.6 is 22.9 Å². The van der Waals surface area contributed by atoms with E-state index >= 15 is 0 Å². The van der Waals surface area contributed by atoms with Crippen molar-refractivity contribution in [2.75, 3.05) is 12.0 Å². The molecule has 0 unspecified atom stereocenters. The molecule has 80 valence electrons. The molecular formula is C8H7ClN2O2S2. The fourth-order valence-corrected chi connectivity index (χ4v) is 3.13. The first-order valence-electron chi connectivity index (χ1n) is 3.93. The molecule has 0 fully saturated rings. The first kappa shape index (κ1) is 10.7. The maximum Gasteiger partial charge on any atom is 0.210 e. The topological polar surface area (TPSA) is 73.0 Å². The van der Waals surface area contributed by atoms with Crippen LogP contribution in [0.25, 0.3) is 10.2 Å². The van der Waals surface area contributed by atoms with Crippen LogP contribution in [-0.2, 0) is 9.84 Å². The summed E-state index contributed by atoms with van der Waals surface area (Å²) in [5, 5.41) is 0.382. The highest BCUT2D eigenvalue weighted by Gasteiger charge is 2.14. The Morgan fingerprint density at radius 2 is 2.13 bits per heavy atom. The Morgan fingerprint density at radius 1 is 1.47 bits per heavy atom. The first-order valence-corrected chi connectivity index (χ1v) is 7.02. The van der Waals surface area contributed by atoms with Gasteiger partial charge in [-0.2, -0.15) is 0 Å². The Kier molecular flexibility index (Phi) is 2.37. The number of thiazole rings is 1. The standard InChI is InChI=1S/C8H7ClN2O2S2/c1-15(12,13)8-11-6-2-4(9)5(10)3-7(6)14-8/h2-3H,10H2,1H3. The van der Waals surface area contributed by atoms with Gasteiger partial charge in [-0.1, -0.05) is 11.6 Å². The van der Waals surface area contributed by atoms with E-state index < -0.39 is 9.84 Å². The van der Waals surface area contributed by atoms with E-state index in [0.717, 1.165) is 22.3 Å². The van der Waals surface area contributed by atoms with Crippen LogP contribution in [0.15, 0.2) is 16.5 Å². The van der Waals surface area contributed by atoms with Gasteiger partial charge < -0.3 is 5.73 Å². The third-order valence-electron chi connectivity index (χ3n) is 1.80. The Labute approximate surface area is 95.6 Å². The molecular weight excluding hydrogens is 256 g/mol. The van der Waals surface area contributed by atoms with E-state index in [-0.39, 0.29) is 4.34 Å². The van der Waals surface area contributed by atoms with Crippen molar-refractivity contribution in [2.45, 2.75) is 4.34 Å². The van der Waals surface area contributed by atoms with E-state index in [2.05, 4.69) is 4.98 Å². The van der Waals surface area contributed by atoms with Crippen molar-refractivity contribution in [1.29, 1.82) is 0 Å². The molecule has 2 rings (SSSR count). The molecule has 1 heterocycles. The Bertz CT molecular complexity index is 594. The number of sulfone groups is 1. The lowest BCUT2D eigenvalue weighted by molar-refractivity contribution is 0.601. The second kappa shape index (κ2) is 3.33. The lowest BCUT2D eigenvalue weighted by atomic mass is 10.3. The minimum absolute atomic E-state index is 0.0826. The molecule has 0 saturated heterocycles. The minimum atomic E-state index is -3.27. The molecule has 0 saturated carbocycles. The molecule has 1 aromatic heterocycles. The van der Waals surface area contributed by atoms with Crippen LogP contribution in [0.1, 0.15) is 0 Å². The highest BCUT2D eigenvalue weighted by atomic mass is 35.5. The quantitative estimate of drug-likeness (QED) is 0.797. The van der Waals surface area contributed by atoms with Gasteiger partial charge in [0, 0.05) is 6.26 Å². The van der Waals surface area contributed by atoms with Gasteiger partial charge in [-0.3, -0.25) is 0 Å². The fraction of sp³-hybridized carbons (Fsp3) is 0.125. The number of benzene rings is 1. The highest BCUT2D eigenvalue weighted by Crippen LogP contribution is 2.31. The third kappa shape index (κ3) is 1.92. The SMILES string of the molecule is CS(=O)(=O)c1nc2cc(Cl)c(N)cc2s1. The number of aromatic nitrogens is 1. The van der Waals surface area contributed by atoms with Gasteiger partial charge in [-0.25, -0.2) is 13.4 Å². The second-order valence-corrected chi connectivity index (χ2v) is 6.72. The van der Waals surface area contributed by atoms with Crippen LogP contribution in [0, 0.1) is 0 Å². The summed E-state index contributed by atoms with van der Waals surface area (Å²) in [4.78, 5) is 3.98. The smallest absolute Gasteiger partial charge is 0.210 e. The van der Waals surface area contributed by atoms with Crippen LogP contribution < -0.4 is 5.73 Å². The van der Waals surface area contributed by atoms with Crippen LogP contribution in [0.2, 0.25) is 5.02 Å². The third-order valence-corrected chi connectivity index (χ3v) is 4.83. The Balaban J connectivity index is 2.77. The highest BCUT2D eigenvalue weighted by molar-refractivity contribution is 7.92. The van der Waals surface area contributed by atoms with E-state index in [9.17, 15) is 8.42 Å². The summed E-state index contributed by atoms with van der Waals surface area (Å²) in [5.41, 5.74) is 6.58. The summed E-state index contributed by atoms with van der Waals surface area (Å²) in [7, 11) is -3.27. The maximum atomic E-state index is 11.3. The molecule has 7 heteroatoms. The summed E-state index contributed by atoms with van der Waals surface area (Å²) < 4.78 is 23.3. The second-order valence-electron chi connectivity index (χ2n) is 3.09. The molecule has 0 aliphatic carbocycles. The van der Waals surface area contributed by atoms with E-state index in [0.29, 0.717) is 16.2 Å². The van der Waals surface area contributed by atoms with Gasteiger partial charge in [-0.15, -0.1) is 11.3 Å². The molecule has 0 amide bonds.